The number of hydrogen-bond donors (Lipinski definition) is 1. The molecular formula is C45H82O6Si3. The number of aliphatic hydroxyl groups is 1. The molecule has 6 rings (SSSR count). The molecule has 2 saturated heterocycles. The van der Waals surface area contributed by atoms with Crippen molar-refractivity contribution in [2.24, 2.45) is 28.6 Å². The van der Waals surface area contributed by atoms with Gasteiger partial charge in [0, 0.05) is 23.9 Å². The van der Waals surface area contributed by atoms with Gasteiger partial charge in [-0.05, 0) is 117 Å². The maximum absolute atomic E-state index is 13.6. The second kappa shape index (κ2) is 12.9. The highest BCUT2D eigenvalue weighted by Crippen LogP contribution is 2.71. The van der Waals surface area contributed by atoms with Crippen LogP contribution in [0.4, 0.5) is 0 Å². The molecule has 6 aliphatic rings. The standard InChI is InChI=1S/C45H82O6Si3/c1-30-44(25-24-41(11,29-47-44)51-54(18,19)40(8,9)10)48-37-28-35-33-21-20-31-26-32(49-52(14,15)38(2,3)4)22-23-42(31,12)34(33)27-36(43(35,13)45(30,37)46)50-53(16,17)39(5,6)7/h20,28,30,32-34,36-37,46H,21-27,29H2,1-19H3/t30-,32+,33-,34+,36-,37+,41+,42+,43-,44-,45-/m1/s1. The monoisotopic (exact) mass is 803 g/mol. The molecule has 11 atom stereocenters. The quantitative estimate of drug-likeness (QED) is 0.213. The summed E-state index contributed by atoms with van der Waals surface area (Å²) >= 11 is 0. The van der Waals surface area contributed by atoms with E-state index in [1.165, 1.54) is 5.57 Å². The van der Waals surface area contributed by atoms with Gasteiger partial charge in [-0.2, -0.15) is 0 Å². The van der Waals surface area contributed by atoms with E-state index >= 15 is 0 Å². The lowest BCUT2D eigenvalue weighted by Gasteiger charge is -2.62. The van der Waals surface area contributed by atoms with Crippen LogP contribution < -0.4 is 0 Å². The summed E-state index contributed by atoms with van der Waals surface area (Å²) in [6.45, 7) is 45.0. The van der Waals surface area contributed by atoms with E-state index in [-0.39, 0.29) is 38.2 Å². The predicted molar refractivity (Wildman–Crippen MR) is 230 cm³/mol. The summed E-state index contributed by atoms with van der Waals surface area (Å²) in [5.41, 5.74) is 0.966. The van der Waals surface area contributed by atoms with E-state index in [0.29, 0.717) is 31.0 Å². The van der Waals surface area contributed by atoms with Gasteiger partial charge >= 0.3 is 0 Å². The van der Waals surface area contributed by atoms with Crippen LogP contribution in [0.2, 0.25) is 54.4 Å². The largest absolute Gasteiger partial charge is 0.414 e. The van der Waals surface area contributed by atoms with Gasteiger partial charge in [-0.1, -0.05) is 106 Å². The molecule has 4 fully saturated rings. The number of fused-ring (bicyclic) bond motifs is 7. The normalized spacial score (nSPS) is 43.3. The Bertz CT molecular complexity index is 1520. The molecule has 0 amide bonds. The maximum Gasteiger partial charge on any atom is 0.192 e. The molecule has 2 saturated carbocycles. The maximum atomic E-state index is 13.6. The highest BCUT2D eigenvalue weighted by Gasteiger charge is 2.77. The first-order valence-corrected chi connectivity index (χ1v) is 30.4. The molecule has 310 valence electrons. The van der Waals surface area contributed by atoms with Gasteiger partial charge < -0.3 is 27.9 Å². The molecule has 4 aliphatic carbocycles. The molecular weight excluding hydrogens is 721 g/mol. The summed E-state index contributed by atoms with van der Waals surface area (Å²) in [5, 5.41) is 14.0. The van der Waals surface area contributed by atoms with Gasteiger partial charge in [0.05, 0.1) is 18.3 Å². The SMILES string of the molecule is C[C@@H]1[C@@]2(CC[C@](C)(O[Si](C)(C)C(C)(C)C)CO2)O[C@H]2C=C3[C@@H]4CC=C5C[C@@H](O[Si](C)(C)C(C)(C)C)CC[C@]5(C)[C@H]4C[C@@H](O[Si](C)(C)C(C)(C)C)[C@]3(C)[C@]21O. The Labute approximate surface area is 334 Å². The molecule has 2 heterocycles. The Morgan fingerprint density at radius 2 is 1.37 bits per heavy atom. The molecule has 9 heteroatoms. The number of allylic oxidation sites excluding steroid dienone is 1. The van der Waals surface area contributed by atoms with Crippen molar-refractivity contribution in [1.29, 1.82) is 0 Å². The molecule has 0 aromatic rings. The van der Waals surface area contributed by atoms with Crippen LogP contribution in [0.15, 0.2) is 23.3 Å². The average molecular weight is 803 g/mol. The van der Waals surface area contributed by atoms with Crippen molar-refractivity contribution in [3.05, 3.63) is 23.3 Å². The van der Waals surface area contributed by atoms with Crippen LogP contribution in [0.1, 0.15) is 135 Å². The summed E-state index contributed by atoms with van der Waals surface area (Å²) in [7, 11) is -6.12. The topological polar surface area (TPSA) is 66.4 Å². The zero-order valence-electron chi connectivity index (χ0n) is 38.3. The highest BCUT2D eigenvalue weighted by atomic mass is 28.4. The van der Waals surface area contributed by atoms with Crippen LogP contribution in [0.5, 0.6) is 0 Å². The fourth-order valence-corrected chi connectivity index (χ4v) is 15.5. The lowest BCUT2D eigenvalue weighted by atomic mass is 9.46. The molecule has 1 spiro atoms. The average Bonchev–Trinajstić information content (AvgIpc) is 3.36. The first-order chi connectivity index (χ1) is 24.2. The molecule has 0 aromatic carbocycles. The van der Waals surface area contributed by atoms with Crippen LogP contribution in [0, 0.1) is 28.6 Å². The summed E-state index contributed by atoms with van der Waals surface area (Å²) in [6, 6.07) is 0. The van der Waals surface area contributed by atoms with Gasteiger partial charge in [0.1, 0.15) is 11.7 Å². The predicted octanol–water partition coefficient (Wildman–Crippen LogP) is 11.9. The summed E-state index contributed by atoms with van der Waals surface area (Å²) in [4.78, 5) is 0. The van der Waals surface area contributed by atoms with E-state index in [4.69, 9.17) is 22.8 Å². The molecule has 0 aromatic heterocycles. The van der Waals surface area contributed by atoms with Gasteiger partial charge in [0.15, 0.2) is 30.7 Å². The second-order valence-corrected chi connectivity index (χ2v) is 38.5. The van der Waals surface area contributed by atoms with Crippen LogP contribution in [0.25, 0.3) is 0 Å². The minimum atomic E-state index is -2.24. The smallest absolute Gasteiger partial charge is 0.192 e. The lowest BCUT2D eigenvalue weighted by molar-refractivity contribution is -0.286. The van der Waals surface area contributed by atoms with E-state index in [1.54, 1.807) is 5.57 Å². The summed E-state index contributed by atoms with van der Waals surface area (Å²) < 4.78 is 35.8. The van der Waals surface area contributed by atoms with Gasteiger partial charge in [0.2, 0.25) is 0 Å². The molecule has 6 nitrogen and oxygen atoms in total. The molecule has 0 bridgehead atoms. The molecule has 0 radical (unpaired) electrons. The van der Waals surface area contributed by atoms with Crippen LogP contribution in [-0.2, 0) is 22.8 Å². The third kappa shape index (κ3) is 6.49. The van der Waals surface area contributed by atoms with Crippen molar-refractivity contribution in [2.45, 2.75) is 225 Å². The van der Waals surface area contributed by atoms with Crippen molar-refractivity contribution in [3.63, 3.8) is 0 Å². The fourth-order valence-electron chi connectivity index (χ4n) is 11.0. The molecule has 54 heavy (non-hydrogen) atoms. The van der Waals surface area contributed by atoms with Crippen molar-refractivity contribution in [2.75, 3.05) is 6.61 Å². The van der Waals surface area contributed by atoms with E-state index in [9.17, 15) is 5.11 Å². The highest BCUT2D eigenvalue weighted by molar-refractivity contribution is 6.75. The second-order valence-electron chi connectivity index (χ2n) is 24.3. The molecule has 2 aliphatic heterocycles. The van der Waals surface area contributed by atoms with E-state index < -0.39 is 47.9 Å². The molecule has 0 unspecified atom stereocenters. The van der Waals surface area contributed by atoms with Crippen LogP contribution in [0.3, 0.4) is 0 Å². The third-order valence-electron chi connectivity index (χ3n) is 17.9. The number of hydrogen-bond acceptors (Lipinski definition) is 6. The van der Waals surface area contributed by atoms with E-state index in [2.05, 4.69) is 141 Å². The van der Waals surface area contributed by atoms with Gasteiger partial charge in [-0.25, -0.2) is 0 Å². The van der Waals surface area contributed by atoms with Crippen LogP contribution in [-0.4, -0.2) is 72.0 Å². The summed E-state index contributed by atoms with van der Waals surface area (Å²) in [5.74, 6) is -0.281. The zero-order valence-corrected chi connectivity index (χ0v) is 41.3. The Kier molecular flexibility index (Phi) is 10.4. The first-order valence-electron chi connectivity index (χ1n) is 21.7. The van der Waals surface area contributed by atoms with Gasteiger partial charge in [-0.15, -0.1) is 0 Å². The van der Waals surface area contributed by atoms with Crippen molar-refractivity contribution >= 4 is 25.0 Å². The zero-order chi connectivity index (χ0) is 40.7. The van der Waals surface area contributed by atoms with E-state index in [0.717, 1.165) is 38.5 Å². The number of rotatable bonds is 6. The molecule has 1 N–H and O–H groups in total. The minimum Gasteiger partial charge on any atom is -0.414 e. The Morgan fingerprint density at radius 1 is 0.796 bits per heavy atom. The van der Waals surface area contributed by atoms with Crippen molar-refractivity contribution in [3.8, 4) is 0 Å². The van der Waals surface area contributed by atoms with E-state index in [1.807, 2.05) is 0 Å². The third-order valence-corrected chi connectivity index (χ3v) is 31.5. The minimum absolute atomic E-state index is 0.0471. The number of ether oxygens (including phenoxy) is 2. The fraction of sp³-hybridized carbons (Fsp3) is 0.911. The Hall–Kier alpha value is -0.109. The first kappa shape index (κ1) is 43.5. The summed E-state index contributed by atoms with van der Waals surface area (Å²) in [6.07, 6.45) is 11.5. The van der Waals surface area contributed by atoms with Gasteiger partial charge in [-0.3, -0.25) is 0 Å². The van der Waals surface area contributed by atoms with Gasteiger partial charge in [0.25, 0.3) is 0 Å². The Balaban J connectivity index is 1.34. The van der Waals surface area contributed by atoms with Crippen LogP contribution >= 0.6 is 0 Å². The van der Waals surface area contributed by atoms with Crippen molar-refractivity contribution < 1.29 is 27.9 Å². The Morgan fingerprint density at radius 3 is 1.91 bits per heavy atom. The van der Waals surface area contributed by atoms with Crippen molar-refractivity contribution in [1.82, 2.24) is 0 Å². The lowest BCUT2D eigenvalue weighted by Crippen LogP contribution is -2.66.